The summed E-state index contributed by atoms with van der Waals surface area (Å²) in [5.74, 6) is -0.372. The van der Waals surface area contributed by atoms with Crippen LogP contribution >= 0.6 is 0 Å². The van der Waals surface area contributed by atoms with E-state index in [1.807, 2.05) is 25.1 Å². The molecule has 0 aromatic heterocycles. The lowest BCUT2D eigenvalue weighted by molar-refractivity contribution is -0.116. The quantitative estimate of drug-likeness (QED) is 0.683. The molecule has 0 fully saturated rings. The van der Waals surface area contributed by atoms with Gasteiger partial charge in [0.05, 0.1) is 4.90 Å². The van der Waals surface area contributed by atoms with Gasteiger partial charge < -0.3 is 5.32 Å². The Bertz CT molecular complexity index is 1100. The summed E-state index contributed by atoms with van der Waals surface area (Å²) in [6, 6.07) is 8.87. The topological polar surface area (TPSA) is 83.6 Å². The van der Waals surface area contributed by atoms with Gasteiger partial charge >= 0.3 is 0 Å². The summed E-state index contributed by atoms with van der Waals surface area (Å²) in [7, 11) is -0.682. The van der Waals surface area contributed by atoms with Crippen LogP contribution in [-0.2, 0) is 27.7 Å². The Labute approximate surface area is 178 Å². The van der Waals surface area contributed by atoms with E-state index >= 15 is 0 Å². The summed E-state index contributed by atoms with van der Waals surface area (Å²) in [5.41, 5.74) is 5.20. The molecule has 1 aliphatic rings. The average Bonchev–Trinajstić information content (AvgIpc) is 3.17. The number of aryl methyl sites for hydroxylation is 3. The molecule has 1 amide bonds. The summed E-state index contributed by atoms with van der Waals surface area (Å²) in [6.07, 6.45) is 3.34. The smallest absolute Gasteiger partial charge is 0.242 e. The first-order valence-corrected chi connectivity index (χ1v) is 11.5. The number of hydrogen-bond acceptors (Lipinski definition) is 4. The fourth-order valence-corrected chi connectivity index (χ4v) is 4.66. The van der Waals surface area contributed by atoms with Gasteiger partial charge in [-0.3, -0.25) is 9.59 Å². The van der Waals surface area contributed by atoms with Crippen LogP contribution in [0.2, 0.25) is 0 Å². The van der Waals surface area contributed by atoms with Gasteiger partial charge in [-0.15, -0.1) is 0 Å². The highest BCUT2D eigenvalue weighted by Crippen LogP contribution is 2.26. The Hall–Kier alpha value is -2.51. The van der Waals surface area contributed by atoms with Crippen LogP contribution in [0.5, 0.6) is 0 Å². The SMILES string of the molecule is Cc1cc(S(=O)(=O)N(C)C)cc(NC(=O)CCC(=O)c2ccc3c(c2)CCC3)c1C. The van der Waals surface area contributed by atoms with E-state index in [0.29, 0.717) is 11.3 Å². The zero-order valence-electron chi connectivity index (χ0n) is 17.9. The first kappa shape index (κ1) is 22.2. The Morgan fingerprint density at radius 3 is 2.40 bits per heavy atom. The molecule has 30 heavy (non-hydrogen) atoms. The van der Waals surface area contributed by atoms with Gasteiger partial charge in [0.25, 0.3) is 0 Å². The number of hydrogen-bond donors (Lipinski definition) is 1. The Kier molecular flexibility index (Phi) is 6.43. The molecule has 1 aliphatic carbocycles. The highest BCUT2D eigenvalue weighted by molar-refractivity contribution is 7.89. The third-order valence-electron chi connectivity index (χ3n) is 5.69. The molecule has 6 nitrogen and oxygen atoms in total. The van der Waals surface area contributed by atoms with Crippen LogP contribution in [0.15, 0.2) is 35.2 Å². The predicted octanol–water partition coefficient (Wildman–Crippen LogP) is 3.64. The van der Waals surface area contributed by atoms with E-state index in [0.717, 1.165) is 34.7 Å². The van der Waals surface area contributed by atoms with Crippen molar-refractivity contribution in [1.82, 2.24) is 4.31 Å². The molecule has 2 aromatic rings. The number of anilines is 1. The average molecular weight is 429 g/mol. The van der Waals surface area contributed by atoms with Crippen molar-refractivity contribution in [3.8, 4) is 0 Å². The van der Waals surface area contributed by atoms with Gasteiger partial charge in [-0.2, -0.15) is 0 Å². The number of Topliss-reactive ketones (excluding diaryl/α,β-unsaturated/α-hetero) is 1. The number of carbonyl (C=O) groups is 2. The lowest BCUT2D eigenvalue weighted by atomic mass is 10.0. The molecule has 7 heteroatoms. The molecule has 0 aliphatic heterocycles. The van der Waals surface area contributed by atoms with Crippen LogP contribution < -0.4 is 5.32 Å². The van der Waals surface area contributed by atoms with Gasteiger partial charge in [0.2, 0.25) is 15.9 Å². The van der Waals surface area contributed by atoms with Gasteiger partial charge in [0.1, 0.15) is 0 Å². The molecule has 0 unspecified atom stereocenters. The predicted molar refractivity (Wildman–Crippen MR) is 117 cm³/mol. The molecule has 160 valence electrons. The standard InChI is InChI=1S/C23H28N2O4S/c1-15-12-20(30(28,29)25(3)4)14-21(16(15)2)24-23(27)11-10-22(26)19-9-8-17-6-5-7-18(17)13-19/h8-9,12-14H,5-7,10-11H2,1-4H3,(H,24,27). The molecule has 1 N–H and O–H groups in total. The second-order valence-corrected chi connectivity index (χ2v) is 10.2. The molecule has 3 rings (SSSR count). The normalized spacial score (nSPS) is 13.4. The highest BCUT2D eigenvalue weighted by atomic mass is 32.2. The van der Waals surface area contributed by atoms with E-state index in [4.69, 9.17) is 0 Å². The van der Waals surface area contributed by atoms with Crippen LogP contribution in [0.4, 0.5) is 5.69 Å². The van der Waals surface area contributed by atoms with E-state index in [2.05, 4.69) is 5.32 Å². The summed E-state index contributed by atoms with van der Waals surface area (Å²) < 4.78 is 26.0. The van der Waals surface area contributed by atoms with Crippen molar-refractivity contribution in [3.05, 3.63) is 58.1 Å². The maximum atomic E-state index is 12.5. The molecular formula is C23H28N2O4S. The molecule has 2 aromatic carbocycles. The molecule has 0 atom stereocenters. The molecule has 0 radical (unpaired) electrons. The third kappa shape index (κ3) is 4.63. The Balaban J connectivity index is 1.69. The Morgan fingerprint density at radius 1 is 1.00 bits per heavy atom. The summed E-state index contributed by atoms with van der Waals surface area (Å²) >= 11 is 0. The zero-order chi connectivity index (χ0) is 22.1. The van der Waals surface area contributed by atoms with Crippen LogP contribution in [-0.4, -0.2) is 38.5 Å². The highest BCUT2D eigenvalue weighted by Gasteiger charge is 2.20. The number of nitrogens with zero attached hydrogens (tertiary/aromatic N) is 1. The van der Waals surface area contributed by atoms with Crippen molar-refractivity contribution in [1.29, 1.82) is 0 Å². The van der Waals surface area contributed by atoms with E-state index in [1.54, 1.807) is 13.0 Å². The minimum atomic E-state index is -3.61. The van der Waals surface area contributed by atoms with Crippen molar-refractivity contribution in [3.63, 3.8) is 0 Å². The monoisotopic (exact) mass is 428 g/mol. The number of carbonyl (C=O) groups excluding carboxylic acids is 2. The van der Waals surface area contributed by atoms with Crippen LogP contribution in [0.1, 0.15) is 51.9 Å². The molecule has 0 saturated heterocycles. The van der Waals surface area contributed by atoms with Gasteiger partial charge in [-0.25, -0.2) is 12.7 Å². The lowest BCUT2D eigenvalue weighted by Gasteiger charge is -2.16. The number of sulfonamides is 1. The number of rotatable bonds is 7. The molecular weight excluding hydrogens is 400 g/mol. The maximum Gasteiger partial charge on any atom is 0.242 e. The van der Waals surface area contributed by atoms with Crippen LogP contribution in [0.25, 0.3) is 0 Å². The molecule has 0 heterocycles. The summed E-state index contributed by atoms with van der Waals surface area (Å²) in [6.45, 7) is 3.63. The number of ketones is 1. The van der Waals surface area contributed by atoms with Gasteiger partial charge in [0, 0.05) is 38.2 Å². The van der Waals surface area contributed by atoms with Crippen molar-refractivity contribution in [2.45, 2.75) is 50.8 Å². The van der Waals surface area contributed by atoms with Crippen LogP contribution in [0.3, 0.4) is 0 Å². The molecule has 0 spiro atoms. The van der Waals surface area contributed by atoms with Crippen LogP contribution in [0, 0.1) is 13.8 Å². The number of fused-ring (bicyclic) bond motifs is 1. The molecule has 0 saturated carbocycles. The van der Waals surface area contributed by atoms with E-state index in [-0.39, 0.29) is 29.4 Å². The second kappa shape index (κ2) is 8.70. The van der Waals surface area contributed by atoms with E-state index < -0.39 is 10.0 Å². The number of amides is 1. The first-order valence-electron chi connectivity index (χ1n) is 10.1. The minimum absolute atomic E-state index is 0.0407. The van der Waals surface area contributed by atoms with Gasteiger partial charge in [-0.05, 0) is 73.6 Å². The maximum absolute atomic E-state index is 12.5. The minimum Gasteiger partial charge on any atom is -0.326 e. The van der Waals surface area contributed by atoms with E-state index in [9.17, 15) is 18.0 Å². The molecule has 0 bridgehead atoms. The van der Waals surface area contributed by atoms with Crippen molar-refractivity contribution in [2.24, 2.45) is 0 Å². The number of nitrogens with one attached hydrogen (secondary N) is 1. The number of benzene rings is 2. The van der Waals surface area contributed by atoms with Crippen molar-refractivity contribution in [2.75, 3.05) is 19.4 Å². The van der Waals surface area contributed by atoms with Crippen molar-refractivity contribution >= 4 is 27.4 Å². The largest absolute Gasteiger partial charge is 0.326 e. The van der Waals surface area contributed by atoms with E-state index in [1.165, 1.54) is 31.3 Å². The first-order chi connectivity index (χ1) is 14.1. The lowest BCUT2D eigenvalue weighted by Crippen LogP contribution is -2.23. The summed E-state index contributed by atoms with van der Waals surface area (Å²) in [5, 5.41) is 2.78. The third-order valence-corrected chi connectivity index (χ3v) is 7.49. The Morgan fingerprint density at radius 2 is 1.70 bits per heavy atom. The van der Waals surface area contributed by atoms with Gasteiger partial charge in [0.15, 0.2) is 5.78 Å². The van der Waals surface area contributed by atoms with Crippen molar-refractivity contribution < 1.29 is 18.0 Å². The fraction of sp³-hybridized carbons (Fsp3) is 0.391. The second-order valence-electron chi connectivity index (χ2n) is 8.01. The summed E-state index contributed by atoms with van der Waals surface area (Å²) in [4.78, 5) is 25.1. The zero-order valence-corrected chi connectivity index (χ0v) is 18.7. The van der Waals surface area contributed by atoms with Gasteiger partial charge in [-0.1, -0.05) is 12.1 Å². The fourth-order valence-electron chi connectivity index (χ4n) is 3.65.